The number of hydrogen-bond acceptors (Lipinski definition) is 3. The number of aliphatic hydroxyl groups excluding tert-OH is 1. The molecule has 0 amide bonds. The lowest BCUT2D eigenvalue weighted by Crippen LogP contribution is -2.16. The Hall–Kier alpha value is -0.900. The molecule has 0 saturated heterocycles. The Morgan fingerprint density at radius 1 is 1.31 bits per heavy atom. The molecular weight excluding hydrogens is 202 g/mol. The van der Waals surface area contributed by atoms with E-state index in [4.69, 9.17) is 0 Å². The van der Waals surface area contributed by atoms with Crippen LogP contribution < -0.4 is 5.32 Å². The molecular formula is C13H19NO2. The highest BCUT2D eigenvalue weighted by molar-refractivity contribution is 5.26. The first-order chi connectivity index (χ1) is 7.63. The maximum absolute atomic E-state index is 9.79. The zero-order valence-electron chi connectivity index (χ0n) is 9.61. The fraction of sp³-hybridized carbons (Fsp3) is 0.538. The third-order valence-electron chi connectivity index (χ3n) is 3.12. The normalized spacial score (nSPS) is 19.4. The summed E-state index contributed by atoms with van der Waals surface area (Å²) in [4.78, 5) is 0. The SMILES string of the molecule is CNCC(O)c1ccc(CC2(O)CC2)cc1. The van der Waals surface area contributed by atoms with Crippen molar-refractivity contribution in [3.63, 3.8) is 0 Å². The maximum atomic E-state index is 9.79. The summed E-state index contributed by atoms with van der Waals surface area (Å²) >= 11 is 0. The Labute approximate surface area is 96.1 Å². The molecule has 1 saturated carbocycles. The minimum Gasteiger partial charge on any atom is -0.390 e. The summed E-state index contributed by atoms with van der Waals surface area (Å²) in [5, 5.41) is 22.5. The Balaban J connectivity index is 1.98. The number of hydrogen-bond donors (Lipinski definition) is 3. The van der Waals surface area contributed by atoms with E-state index in [2.05, 4.69) is 5.32 Å². The minimum absolute atomic E-state index is 0.439. The summed E-state index contributed by atoms with van der Waals surface area (Å²) in [7, 11) is 1.82. The molecule has 0 bridgehead atoms. The van der Waals surface area contributed by atoms with Gasteiger partial charge in [0, 0.05) is 13.0 Å². The molecule has 0 spiro atoms. The van der Waals surface area contributed by atoms with Crippen LogP contribution in [0.15, 0.2) is 24.3 Å². The molecule has 1 unspecified atom stereocenters. The van der Waals surface area contributed by atoms with Crippen molar-refractivity contribution < 1.29 is 10.2 Å². The van der Waals surface area contributed by atoms with Crippen molar-refractivity contribution in [2.24, 2.45) is 0 Å². The topological polar surface area (TPSA) is 52.5 Å². The highest BCUT2D eigenvalue weighted by Gasteiger charge is 2.39. The molecule has 3 heteroatoms. The van der Waals surface area contributed by atoms with E-state index in [0.29, 0.717) is 6.54 Å². The Bertz CT molecular complexity index is 343. The van der Waals surface area contributed by atoms with Crippen molar-refractivity contribution in [2.45, 2.75) is 31.0 Å². The molecule has 3 N–H and O–H groups in total. The molecule has 0 aliphatic heterocycles. The number of benzene rings is 1. The van der Waals surface area contributed by atoms with Crippen molar-refractivity contribution in [1.29, 1.82) is 0 Å². The average Bonchev–Trinajstić information content (AvgIpc) is 2.97. The van der Waals surface area contributed by atoms with Crippen LogP contribution in [0.1, 0.15) is 30.1 Å². The molecule has 1 aromatic rings. The monoisotopic (exact) mass is 221 g/mol. The van der Waals surface area contributed by atoms with E-state index in [-0.39, 0.29) is 0 Å². The molecule has 1 aliphatic carbocycles. The lowest BCUT2D eigenvalue weighted by atomic mass is 10.0. The van der Waals surface area contributed by atoms with Crippen LogP contribution in [0.3, 0.4) is 0 Å². The fourth-order valence-electron chi connectivity index (χ4n) is 1.87. The first kappa shape index (κ1) is 11.6. The molecule has 1 aliphatic rings. The molecule has 1 fully saturated rings. The molecule has 16 heavy (non-hydrogen) atoms. The molecule has 1 atom stereocenters. The van der Waals surface area contributed by atoms with Gasteiger partial charge in [0.05, 0.1) is 11.7 Å². The van der Waals surface area contributed by atoms with Gasteiger partial charge in [0.2, 0.25) is 0 Å². The van der Waals surface area contributed by atoms with E-state index in [1.807, 2.05) is 31.3 Å². The van der Waals surface area contributed by atoms with Gasteiger partial charge in [-0.2, -0.15) is 0 Å². The van der Waals surface area contributed by atoms with Crippen molar-refractivity contribution in [3.8, 4) is 0 Å². The van der Waals surface area contributed by atoms with Gasteiger partial charge in [0.25, 0.3) is 0 Å². The van der Waals surface area contributed by atoms with Gasteiger partial charge in [0.1, 0.15) is 0 Å². The van der Waals surface area contributed by atoms with E-state index in [1.165, 1.54) is 0 Å². The van der Waals surface area contributed by atoms with Gasteiger partial charge in [-0.1, -0.05) is 24.3 Å². The van der Waals surface area contributed by atoms with Crippen molar-refractivity contribution in [3.05, 3.63) is 35.4 Å². The van der Waals surface area contributed by atoms with E-state index < -0.39 is 11.7 Å². The van der Waals surface area contributed by atoms with Gasteiger partial charge in [-0.25, -0.2) is 0 Å². The summed E-state index contributed by atoms with van der Waals surface area (Å²) in [6, 6.07) is 7.85. The lowest BCUT2D eigenvalue weighted by Gasteiger charge is -2.12. The summed E-state index contributed by atoms with van der Waals surface area (Å²) in [6.07, 6.45) is 2.10. The molecule has 0 radical (unpaired) electrons. The Morgan fingerprint density at radius 3 is 2.44 bits per heavy atom. The third kappa shape index (κ3) is 2.82. The highest BCUT2D eigenvalue weighted by Crippen LogP contribution is 2.38. The third-order valence-corrected chi connectivity index (χ3v) is 3.12. The van der Waals surface area contributed by atoms with Gasteiger partial charge in [-0.3, -0.25) is 0 Å². The Kier molecular flexibility index (Phi) is 3.28. The molecule has 0 heterocycles. The molecule has 88 valence electrons. The van der Waals surface area contributed by atoms with Crippen LogP contribution >= 0.6 is 0 Å². The van der Waals surface area contributed by atoms with Gasteiger partial charge in [-0.05, 0) is 31.0 Å². The zero-order chi connectivity index (χ0) is 11.6. The van der Waals surface area contributed by atoms with Gasteiger partial charge >= 0.3 is 0 Å². The lowest BCUT2D eigenvalue weighted by molar-refractivity contribution is 0.151. The van der Waals surface area contributed by atoms with E-state index >= 15 is 0 Å². The number of aliphatic hydroxyl groups is 2. The highest BCUT2D eigenvalue weighted by atomic mass is 16.3. The maximum Gasteiger partial charge on any atom is 0.0914 e. The summed E-state index contributed by atoms with van der Waals surface area (Å²) in [6.45, 7) is 0.559. The van der Waals surface area contributed by atoms with Gasteiger partial charge < -0.3 is 15.5 Å². The zero-order valence-corrected chi connectivity index (χ0v) is 9.61. The largest absolute Gasteiger partial charge is 0.390 e. The average molecular weight is 221 g/mol. The van der Waals surface area contributed by atoms with Crippen LogP contribution in [0, 0.1) is 0 Å². The second kappa shape index (κ2) is 4.53. The molecule has 3 nitrogen and oxygen atoms in total. The first-order valence-electron chi connectivity index (χ1n) is 5.77. The van der Waals surface area contributed by atoms with E-state index in [1.54, 1.807) is 0 Å². The second-order valence-corrected chi connectivity index (χ2v) is 4.72. The summed E-state index contributed by atoms with van der Waals surface area (Å²) < 4.78 is 0. The minimum atomic E-state index is -0.455. The number of nitrogens with one attached hydrogen (secondary N) is 1. The summed E-state index contributed by atoms with van der Waals surface area (Å²) in [5.74, 6) is 0. The molecule has 2 rings (SSSR count). The van der Waals surface area contributed by atoms with E-state index in [9.17, 15) is 10.2 Å². The van der Waals surface area contributed by atoms with Crippen LogP contribution in [0.5, 0.6) is 0 Å². The predicted octanol–water partition coefficient (Wildman–Crippen LogP) is 1.01. The molecule has 0 aromatic heterocycles. The number of likely N-dealkylation sites (N-methyl/N-ethyl adjacent to an activating group) is 1. The van der Waals surface area contributed by atoms with Crippen molar-refractivity contribution >= 4 is 0 Å². The van der Waals surface area contributed by atoms with Crippen LogP contribution in [-0.2, 0) is 6.42 Å². The number of rotatable bonds is 5. The standard InChI is InChI=1S/C13H19NO2/c1-14-9-12(15)11-4-2-10(3-5-11)8-13(16)6-7-13/h2-5,12,14-16H,6-9H2,1H3. The molecule has 1 aromatic carbocycles. The van der Waals surface area contributed by atoms with E-state index in [0.717, 1.165) is 30.4 Å². The smallest absolute Gasteiger partial charge is 0.0914 e. The quantitative estimate of drug-likeness (QED) is 0.695. The van der Waals surface area contributed by atoms with Gasteiger partial charge in [-0.15, -0.1) is 0 Å². The van der Waals surface area contributed by atoms with Crippen molar-refractivity contribution in [2.75, 3.05) is 13.6 Å². The van der Waals surface area contributed by atoms with Crippen LogP contribution in [0.25, 0.3) is 0 Å². The van der Waals surface area contributed by atoms with Crippen LogP contribution in [-0.4, -0.2) is 29.4 Å². The van der Waals surface area contributed by atoms with Crippen molar-refractivity contribution in [1.82, 2.24) is 5.32 Å². The Morgan fingerprint density at radius 2 is 1.94 bits per heavy atom. The first-order valence-corrected chi connectivity index (χ1v) is 5.77. The van der Waals surface area contributed by atoms with Crippen LogP contribution in [0.4, 0.5) is 0 Å². The second-order valence-electron chi connectivity index (χ2n) is 4.72. The van der Waals surface area contributed by atoms with Crippen LogP contribution in [0.2, 0.25) is 0 Å². The fourth-order valence-corrected chi connectivity index (χ4v) is 1.87. The predicted molar refractivity (Wildman–Crippen MR) is 63.2 cm³/mol. The summed E-state index contributed by atoms with van der Waals surface area (Å²) in [5.41, 5.74) is 1.62. The van der Waals surface area contributed by atoms with Gasteiger partial charge in [0.15, 0.2) is 0 Å².